The number of nitrogens with zero attached hydrogens (tertiary/aromatic N) is 2. The van der Waals surface area contributed by atoms with E-state index in [0.29, 0.717) is 0 Å². The van der Waals surface area contributed by atoms with Crippen molar-refractivity contribution in [1.82, 2.24) is 9.80 Å². The molecule has 2 aliphatic heterocycles. The van der Waals surface area contributed by atoms with Crippen LogP contribution in [-0.2, 0) is 6.54 Å². The van der Waals surface area contributed by atoms with Crippen molar-refractivity contribution in [2.75, 3.05) is 26.2 Å². The molecule has 0 spiro atoms. The number of piperidine rings is 1. The van der Waals surface area contributed by atoms with Gasteiger partial charge in [0, 0.05) is 24.7 Å². The third-order valence-corrected chi connectivity index (χ3v) is 5.50. The highest BCUT2D eigenvalue weighted by Gasteiger charge is 2.26. The van der Waals surface area contributed by atoms with Crippen LogP contribution < -0.4 is 0 Å². The molecular weight excluding hydrogens is 296 g/mol. The smallest absolute Gasteiger partial charge is 0.134 e. The van der Waals surface area contributed by atoms with Crippen molar-refractivity contribution < 1.29 is 4.42 Å². The van der Waals surface area contributed by atoms with Crippen LogP contribution in [0.25, 0.3) is 11.3 Å². The van der Waals surface area contributed by atoms with Crippen LogP contribution in [-0.4, -0.2) is 42.0 Å². The van der Waals surface area contributed by atoms with Gasteiger partial charge >= 0.3 is 0 Å². The third-order valence-electron chi connectivity index (χ3n) is 5.50. The highest BCUT2D eigenvalue weighted by atomic mass is 16.3. The van der Waals surface area contributed by atoms with Crippen molar-refractivity contribution in [3.63, 3.8) is 0 Å². The molecule has 3 nitrogen and oxygen atoms in total. The van der Waals surface area contributed by atoms with Gasteiger partial charge < -0.3 is 4.42 Å². The van der Waals surface area contributed by atoms with Gasteiger partial charge in [-0.1, -0.05) is 18.2 Å². The Hall–Kier alpha value is -1.58. The van der Waals surface area contributed by atoms with Crippen molar-refractivity contribution in [1.29, 1.82) is 0 Å². The van der Waals surface area contributed by atoms with Crippen LogP contribution in [0.3, 0.4) is 0 Å². The third kappa shape index (κ3) is 3.57. The van der Waals surface area contributed by atoms with E-state index in [1.165, 1.54) is 63.0 Å². The highest BCUT2D eigenvalue weighted by molar-refractivity contribution is 5.58. The van der Waals surface area contributed by atoms with Crippen LogP contribution in [0.15, 0.2) is 40.8 Å². The molecule has 4 rings (SSSR count). The van der Waals surface area contributed by atoms with Gasteiger partial charge in [0.05, 0.1) is 0 Å². The Morgan fingerprint density at radius 3 is 2.71 bits per heavy atom. The van der Waals surface area contributed by atoms with Gasteiger partial charge in [0.25, 0.3) is 0 Å². The minimum Gasteiger partial charge on any atom is -0.461 e. The molecule has 1 aromatic heterocycles. The van der Waals surface area contributed by atoms with Gasteiger partial charge in [-0.05, 0) is 76.0 Å². The predicted octanol–water partition coefficient (Wildman–Crippen LogP) is 4.32. The lowest BCUT2D eigenvalue weighted by Crippen LogP contribution is -2.46. The van der Waals surface area contributed by atoms with Gasteiger partial charge in [0.1, 0.15) is 11.5 Å². The molecule has 2 aliphatic rings. The average molecular weight is 324 g/mol. The van der Waals surface area contributed by atoms with Crippen molar-refractivity contribution in [3.8, 4) is 11.3 Å². The lowest BCUT2D eigenvalue weighted by atomic mass is 10.0. The summed E-state index contributed by atoms with van der Waals surface area (Å²) >= 11 is 0. The van der Waals surface area contributed by atoms with Crippen molar-refractivity contribution >= 4 is 0 Å². The maximum atomic E-state index is 5.78. The number of hydrogen-bond acceptors (Lipinski definition) is 3. The highest BCUT2D eigenvalue weighted by Crippen LogP contribution is 2.25. The molecule has 0 aliphatic carbocycles. The van der Waals surface area contributed by atoms with Crippen molar-refractivity contribution in [3.05, 3.63) is 47.7 Å². The van der Waals surface area contributed by atoms with E-state index >= 15 is 0 Å². The van der Waals surface area contributed by atoms with E-state index in [1.54, 1.807) is 0 Å². The topological polar surface area (TPSA) is 19.6 Å². The lowest BCUT2D eigenvalue weighted by molar-refractivity contribution is 0.110. The molecule has 1 atom stereocenters. The first-order valence-electron chi connectivity index (χ1n) is 9.40. The second-order valence-corrected chi connectivity index (χ2v) is 7.38. The Kier molecular flexibility index (Phi) is 4.72. The molecule has 128 valence electrons. The van der Waals surface area contributed by atoms with E-state index in [-0.39, 0.29) is 0 Å². The molecule has 0 amide bonds. The molecule has 1 unspecified atom stereocenters. The van der Waals surface area contributed by atoms with Gasteiger partial charge in [-0.2, -0.15) is 0 Å². The summed E-state index contributed by atoms with van der Waals surface area (Å²) in [4.78, 5) is 5.35. The second-order valence-electron chi connectivity index (χ2n) is 7.38. The molecular formula is C21H28N2O. The summed E-state index contributed by atoms with van der Waals surface area (Å²) < 4.78 is 5.78. The van der Waals surface area contributed by atoms with Crippen LogP contribution in [0.1, 0.15) is 37.0 Å². The molecule has 2 saturated heterocycles. The predicted molar refractivity (Wildman–Crippen MR) is 98.0 cm³/mol. The zero-order valence-corrected chi connectivity index (χ0v) is 14.7. The summed E-state index contributed by atoms with van der Waals surface area (Å²) in [5.74, 6) is 1.95. The summed E-state index contributed by atoms with van der Waals surface area (Å²) in [5.41, 5.74) is 2.58. The first kappa shape index (κ1) is 15.9. The zero-order valence-electron chi connectivity index (χ0n) is 14.7. The quantitative estimate of drug-likeness (QED) is 0.835. The molecule has 1 aromatic carbocycles. The number of rotatable bonds is 4. The SMILES string of the molecule is Cc1ccc(-c2cccc(CN3CCCC(N4CCCC4)C3)c2)o1. The minimum absolute atomic E-state index is 0.775. The van der Waals surface area contributed by atoms with E-state index in [4.69, 9.17) is 4.42 Å². The Morgan fingerprint density at radius 2 is 1.92 bits per heavy atom. The molecule has 2 aromatic rings. The Morgan fingerprint density at radius 1 is 1.04 bits per heavy atom. The monoisotopic (exact) mass is 324 g/mol. The van der Waals surface area contributed by atoms with Gasteiger partial charge in [-0.25, -0.2) is 0 Å². The van der Waals surface area contributed by atoms with E-state index < -0.39 is 0 Å². The zero-order chi connectivity index (χ0) is 16.4. The number of furan rings is 1. The van der Waals surface area contributed by atoms with Crippen molar-refractivity contribution in [2.24, 2.45) is 0 Å². The first-order valence-corrected chi connectivity index (χ1v) is 9.40. The lowest BCUT2D eigenvalue weighted by Gasteiger charge is -2.37. The van der Waals surface area contributed by atoms with Gasteiger partial charge in [0.15, 0.2) is 0 Å². The number of likely N-dealkylation sites (tertiary alicyclic amines) is 2. The molecule has 3 heterocycles. The maximum Gasteiger partial charge on any atom is 0.134 e. The van der Waals surface area contributed by atoms with Crippen LogP contribution >= 0.6 is 0 Å². The normalized spacial score (nSPS) is 23.0. The molecule has 24 heavy (non-hydrogen) atoms. The molecule has 0 saturated carbocycles. The van der Waals surface area contributed by atoms with E-state index in [2.05, 4.69) is 40.1 Å². The van der Waals surface area contributed by atoms with Gasteiger partial charge in [-0.15, -0.1) is 0 Å². The number of benzene rings is 1. The largest absolute Gasteiger partial charge is 0.461 e. The second kappa shape index (κ2) is 7.12. The fourth-order valence-electron chi connectivity index (χ4n) is 4.25. The minimum atomic E-state index is 0.775. The fourth-order valence-corrected chi connectivity index (χ4v) is 4.25. The fraction of sp³-hybridized carbons (Fsp3) is 0.524. The summed E-state index contributed by atoms with van der Waals surface area (Å²) in [6, 6.07) is 13.7. The molecule has 3 heteroatoms. The summed E-state index contributed by atoms with van der Waals surface area (Å²) in [6.07, 6.45) is 5.49. The van der Waals surface area contributed by atoms with Gasteiger partial charge in [0.2, 0.25) is 0 Å². The summed E-state index contributed by atoms with van der Waals surface area (Å²) in [7, 11) is 0. The molecule has 2 fully saturated rings. The number of hydrogen-bond donors (Lipinski definition) is 0. The Bertz CT molecular complexity index is 672. The molecule has 0 radical (unpaired) electrons. The maximum absolute atomic E-state index is 5.78. The van der Waals surface area contributed by atoms with Crippen LogP contribution in [0.2, 0.25) is 0 Å². The van der Waals surface area contributed by atoms with Crippen LogP contribution in [0, 0.1) is 6.92 Å². The average Bonchev–Trinajstić information content (AvgIpc) is 3.27. The Balaban J connectivity index is 1.43. The molecule has 0 N–H and O–H groups in total. The summed E-state index contributed by atoms with van der Waals surface area (Å²) in [5, 5.41) is 0. The summed E-state index contributed by atoms with van der Waals surface area (Å²) in [6.45, 7) is 8.13. The van der Waals surface area contributed by atoms with E-state index in [1.807, 2.05) is 13.0 Å². The first-order chi connectivity index (χ1) is 11.8. The van der Waals surface area contributed by atoms with E-state index in [0.717, 1.165) is 24.1 Å². The Labute approximate surface area is 145 Å². The molecule has 0 bridgehead atoms. The van der Waals surface area contributed by atoms with Crippen LogP contribution in [0.5, 0.6) is 0 Å². The standard InChI is InChI=1S/C21H28N2O/c1-17-9-10-21(24-17)19-7-4-6-18(14-19)15-22-11-5-8-20(16-22)23-12-2-3-13-23/h4,6-7,9-10,14,20H,2-3,5,8,11-13,15-16H2,1H3. The van der Waals surface area contributed by atoms with Crippen molar-refractivity contribution in [2.45, 2.75) is 45.2 Å². The number of aryl methyl sites for hydroxylation is 1. The van der Waals surface area contributed by atoms with E-state index in [9.17, 15) is 0 Å². The van der Waals surface area contributed by atoms with Gasteiger partial charge in [-0.3, -0.25) is 9.80 Å². The van der Waals surface area contributed by atoms with Crippen LogP contribution in [0.4, 0.5) is 0 Å².